The van der Waals surface area contributed by atoms with Gasteiger partial charge in [0, 0.05) is 42.1 Å². The molecule has 4 heterocycles. The molecule has 2 atom stereocenters. The van der Waals surface area contributed by atoms with E-state index in [1.807, 2.05) is 37.4 Å². The van der Waals surface area contributed by atoms with Gasteiger partial charge in [-0.25, -0.2) is 15.0 Å². The molecular formula is C26H32N4O3. The number of aromatic nitrogens is 3. The maximum absolute atomic E-state index is 12.3. The summed E-state index contributed by atoms with van der Waals surface area (Å²) in [6, 6.07) is 12.0. The van der Waals surface area contributed by atoms with Crippen molar-refractivity contribution in [3.8, 4) is 5.88 Å². The van der Waals surface area contributed by atoms with Crippen molar-refractivity contribution in [2.45, 2.75) is 45.1 Å². The van der Waals surface area contributed by atoms with Crippen LogP contribution in [0.25, 0.3) is 11.0 Å². The maximum Gasteiger partial charge on any atom is 0.307 e. The second-order valence-electron chi connectivity index (χ2n) is 8.55. The Morgan fingerprint density at radius 2 is 2.12 bits per heavy atom. The first-order chi connectivity index (χ1) is 16.2. The van der Waals surface area contributed by atoms with Gasteiger partial charge in [0.1, 0.15) is 0 Å². The molecule has 0 radical (unpaired) electrons. The molecule has 7 heteroatoms. The Balaban J connectivity index is 1.34. The predicted octanol–water partition coefficient (Wildman–Crippen LogP) is 4.37. The van der Waals surface area contributed by atoms with E-state index in [1.165, 1.54) is 0 Å². The van der Waals surface area contributed by atoms with Crippen molar-refractivity contribution < 1.29 is 14.3 Å². The van der Waals surface area contributed by atoms with Gasteiger partial charge < -0.3 is 9.47 Å². The number of hydrogen-bond donors (Lipinski definition) is 0. The number of carbonyl (C=O) groups excluding carboxylic acids is 1. The Hall–Kier alpha value is -3.06. The lowest BCUT2D eigenvalue weighted by Crippen LogP contribution is -2.29. The smallest absolute Gasteiger partial charge is 0.307 e. The molecule has 0 aliphatic carbocycles. The molecule has 3 aromatic rings. The molecule has 0 bridgehead atoms. The number of carbonyl (C=O) groups is 1. The zero-order chi connectivity index (χ0) is 23.0. The molecule has 174 valence electrons. The molecule has 0 spiro atoms. The number of likely N-dealkylation sites (tertiary alicyclic amines) is 1. The van der Waals surface area contributed by atoms with E-state index in [2.05, 4.69) is 27.0 Å². The van der Waals surface area contributed by atoms with Crippen molar-refractivity contribution in [3.05, 3.63) is 60.0 Å². The van der Waals surface area contributed by atoms with Gasteiger partial charge in [-0.2, -0.15) is 0 Å². The van der Waals surface area contributed by atoms with Crippen LogP contribution in [0, 0.1) is 5.92 Å². The van der Waals surface area contributed by atoms with Crippen molar-refractivity contribution in [1.29, 1.82) is 0 Å². The zero-order valence-electron chi connectivity index (χ0n) is 19.4. The van der Waals surface area contributed by atoms with E-state index in [0.717, 1.165) is 61.1 Å². The third-order valence-corrected chi connectivity index (χ3v) is 6.34. The van der Waals surface area contributed by atoms with E-state index in [0.29, 0.717) is 24.8 Å². The van der Waals surface area contributed by atoms with E-state index in [9.17, 15) is 4.79 Å². The first-order valence-electron chi connectivity index (χ1n) is 11.8. The molecule has 1 unspecified atom stereocenters. The zero-order valence-corrected chi connectivity index (χ0v) is 19.4. The lowest BCUT2D eigenvalue weighted by molar-refractivity contribution is -0.144. The van der Waals surface area contributed by atoms with E-state index in [-0.39, 0.29) is 12.0 Å². The molecule has 33 heavy (non-hydrogen) atoms. The standard InChI is InChI=1S/C26H32N4O3/c1-3-33-25(31)16-23(21-10-12-24(32-2)28-17-21)30-15-13-19(18-30)6-4-8-22-11-9-20-7-5-14-27-26(20)29-22/h5,7,9-12,14,17,19,23H,3-4,6,8,13,15-16,18H2,1-2H3/t19?,23-/m0/s1. The van der Waals surface area contributed by atoms with Gasteiger partial charge in [-0.15, -0.1) is 0 Å². The van der Waals surface area contributed by atoms with Crippen molar-refractivity contribution >= 4 is 17.0 Å². The van der Waals surface area contributed by atoms with Gasteiger partial charge >= 0.3 is 5.97 Å². The van der Waals surface area contributed by atoms with Crippen LogP contribution in [0.2, 0.25) is 0 Å². The number of hydrogen-bond acceptors (Lipinski definition) is 7. The molecular weight excluding hydrogens is 416 g/mol. The normalized spacial score (nSPS) is 17.2. The third-order valence-electron chi connectivity index (χ3n) is 6.34. The number of fused-ring (bicyclic) bond motifs is 1. The molecule has 1 aliphatic heterocycles. The molecule has 4 rings (SSSR count). The minimum absolute atomic E-state index is 0.0271. The van der Waals surface area contributed by atoms with E-state index >= 15 is 0 Å². The first kappa shape index (κ1) is 23.1. The highest BCUT2D eigenvalue weighted by molar-refractivity contribution is 5.74. The van der Waals surface area contributed by atoms with Crippen molar-refractivity contribution in [2.75, 3.05) is 26.8 Å². The Morgan fingerprint density at radius 3 is 2.91 bits per heavy atom. The van der Waals surface area contributed by atoms with Crippen LogP contribution in [0.3, 0.4) is 0 Å². The summed E-state index contributed by atoms with van der Waals surface area (Å²) in [4.78, 5) is 28.1. The summed E-state index contributed by atoms with van der Waals surface area (Å²) in [7, 11) is 1.60. The SMILES string of the molecule is CCOC(=O)C[C@@H](c1ccc(OC)nc1)N1CCC(CCCc2ccc3cccnc3n2)C1. The van der Waals surface area contributed by atoms with Gasteiger partial charge in [0.25, 0.3) is 0 Å². The van der Waals surface area contributed by atoms with E-state index < -0.39 is 0 Å². The highest BCUT2D eigenvalue weighted by atomic mass is 16.5. The van der Waals surface area contributed by atoms with Crippen LogP contribution in [0.1, 0.15) is 49.9 Å². The van der Waals surface area contributed by atoms with E-state index in [4.69, 9.17) is 14.5 Å². The lowest BCUT2D eigenvalue weighted by atomic mass is 10.00. The van der Waals surface area contributed by atoms with Crippen molar-refractivity contribution in [3.63, 3.8) is 0 Å². The first-order valence-corrected chi connectivity index (χ1v) is 11.8. The Kier molecular flexibility index (Phi) is 7.83. The van der Waals surface area contributed by atoms with Crippen molar-refractivity contribution in [1.82, 2.24) is 19.9 Å². The summed E-state index contributed by atoms with van der Waals surface area (Å²) in [5.74, 6) is 1.02. The minimum Gasteiger partial charge on any atom is -0.481 e. The number of esters is 1. The van der Waals surface area contributed by atoms with Gasteiger partial charge in [0.2, 0.25) is 5.88 Å². The highest BCUT2D eigenvalue weighted by Crippen LogP contribution is 2.32. The molecule has 1 fully saturated rings. The van der Waals surface area contributed by atoms with Crippen molar-refractivity contribution in [2.24, 2.45) is 5.92 Å². The fraction of sp³-hybridized carbons (Fsp3) is 0.462. The van der Waals surface area contributed by atoms with Gasteiger partial charge in [-0.3, -0.25) is 9.69 Å². The van der Waals surface area contributed by atoms with Gasteiger partial charge in [-0.1, -0.05) is 6.07 Å². The Bertz CT molecular complexity index is 1060. The van der Waals surface area contributed by atoms with Crippen LogP contribution in [0.4, 0.5) is 0 Å². The predicted molar refractivity (Wildman–Crippen MR) is 127 cm³/mol. The quantitative estimate of drug-likeness (QED) is 0.426. The summed E-state index contributed by atoms with van der Waals surface area (Å²) >= 11 is 0. The van der Waals surface area contributed by atoms with E-state index in [1.54, 1.807) is 13.3 Å². The van der Waals surface area contributed by atoms with Crippen LogP contribution in [0.5, 0.6) is 5.88 Å². The topological polar surface area (TPSA) is 77.4 Å². The fourth-order valence-electron chi connectivity index (χ4n) is 4.63. The summed E-state index contributed by atoms with van der Waals surface area (Å²) in [6.45, 7) is 4.18. The Morgan fingerprint density at radius 1 is 1.21 bits per heavy atom. The monoisotopic (exact) mass is 448 g/mol. The summed E-state index contributed by atoms with van der Waals surface area (Å²) in [6.07, 6.45) is 8.27. The number of nitrogens with zero attached hydrogens (tertiary/aromatic N) is 4. The average molecular weight is 449 g/mol. The van der Waals surface area contributed by atoms with Crippen LogP contribution in [-0.2, 0) is 16.0 Å². The maximum atomic E-state index is 12.3. The number of rotatable bonds is 10. The molecule has 0 aromatic carbocycles. The van der Waals surface area contributed by atoms with Gasteiger partial charge in [0.05, 0.1) is 20.1 Å². The van der Waals surface area contributed by atoms with Crippen LogP contribution in [-0.4, -0.2) is 52.6 Å². The van der Waals surface area contributed by atoms with Gasteiger partial charge in [-0.05, 0) is 74.9 Å². The summed E-state index contributed by atoms with van der Waals surface area (Å²) < 4.78 is 10.4. The molecule has 7 nitrogen and oxygen atoms in total. The number of ether oxygens (including phenoxy) is 2. The lowest BCUT2D eigenvalue weighted by Gasteiger charge is -2.27. The molecule has 0 saturated carbocycles. The second-order valence-corrected chi connectivity index (χ2v) is 8.55. The van der Waals surface area contributed by atoms with Crippen LogP contribution >= 0.6 is 0 Å². The minimum atomic E-state index is -0.169. The average Bonchev–Trinajstić information content (AvgIpc) is 3.31. The largest absolute Gasteiger partial charge is 0.481 e. The Labute approximate surface area is 195 Å². The van der Waals surface area contributed by atoms with Gasteiger partial charge in [0.15, 0.2) is 5.65 Å². The number of pyridine rings is 3. The van der Waals surface area contributed by atoms with Crippen LogP contribution < -0.4 is 4.74 Å². The molecule has 0 amide bonds. The van der Waals surface area contributed by atoms with Crippen LogP contribution in [0.15, 0.2) is 48.8 Å². The summed E-state index contributed by atoms with van der Waals surface area (Å²) in [5, 5.41) is 1.08. The fourth-order valence-corrected chi connectivity index (χ4v) is 4.63. The molecule has 0 N–H and O–H groups in total. The second kappa shape index (κ2) is 11.2. The molecule has 1 saturated heterocycles. The number of aryl methyl sites for hydroxylation is 1. The molecule has 1 aliphatic rings. The highest BCUT2D eigenvalue weighted by Gasteiger charge is 2.31. The summed E-state index contributed by atoms with van der Waals surface area (Å²) in [5.41, 5.74) is 2.94. The molecule has 3 aromatic heterocycles. The number of methoxy groups -OCH3 is 1. The third kappa shape index (κ3) is 6.05.